The Bertz CT molecular complexity index is 180. The van der Waals surface area contributed by atoms with Crippen LogP contribution in [0.25, 0.3) is 0 Å². The summed E-state index contributed by atoms with van der Waals surface area (Å²) in [6.07, 6.45) is 3.51. The molecule has 0 aromatic heterocycles. The largest absolute Gasteiger partial charge is 0.339 e. The molecule has 0 spiro atoms. The molecule has 1 amide bonds. The van der Waals surface area contributed by atoms with Crippen LogP contribution in [0.4, 0.5) is 0 Å². The molecule has 0 aliphatic rings. The van der Waals surface area contributed by atoms with Gasteiger partial charge >= 0.3 is 0 Å². The van der Waals surface area contributed by atoms with Crippen molar-refractivity contribution < 1.29 is 4.79 Å². The Hall–Kier alpha value is -0.830. The SMILES string of the molecule is C=CCN(CCC)C(=O)C(C)CCN. The Kier molecular flexibility index (Phi) is 7.11. The number of nitrogens with two attached hydrogens (primary N) is 1. The van der Waals surface area contributed by atoms with E-state index in [1.165, 1.54) is 0 Å². The van der Waals surface area contributed by atoms with Gasteiger partial charge in [-0.2, -0.15) is 0 Å². The van der Waals surface area contributed by atoms with Crippen LogP contribution >= 0.6 is 0 Å². The summed E-state index contributed by atoms with van der Waals surface area (Å²) in [7, 11) is 0. The normalized spacial score (nSPS) is 12.2. The minimum absolute atomic E-state index is 0.0338. The first-order valence-corrected chi connectivity index (χ1v) is 5.27. The number of rotatable bonds is 7. The van der Waals surface area contributed by atoms with E-state index in [1.54, 1.807) is 6.08 Å². The fourth-order valence-electron chi connectivity index (χ4n) is 1.40. The van der Waals surface area contributed by atoms with Gasteiger partial charge in [-0.25, -0.2) is 0 Å². The van der Waals surface area contributed by atoms with Gasteiger partial charge in [0.05, 0.1) is 0 Å². The van der Waals surface area contributed by atoms with E-state index in [2.05, 4.69) is 13.5 Å². The highest BCUT2D eigenvalue weighted by molar-refractivity contribution is 5.78. The van der Waals surface area contributed by atoms with Gasteiger partial charge in [-0.15, -0.1) is 6.58 Å². The lowest BCUT2D eigenvalue weighted by Gasteiger charge is -2.23. The maximum atomic E-state index is 11.8. The molecule has 3 nitrogen and oxygen atoms in total. The quantitative estimate of drug-likeness (QED) is 0.628. The molecular weight excluding hydrogens is 176 g/mol. The van der Waals surface area contributed by atoms with Crippen molar-refractivity contribution >= 4 is 5.91 Å². The molecule has 0 bridgehead atoms. The molecular formula is C11H22N2O. The van der Waals surface area contributed by atoms with Gasteiger partial charge in [-0.1, -0.05) is 19.9 Å². The molecule has 0 rings (SSSR count). The zero-order valence-corrected chi connectivity index (χ0v) is 9.33. The van der Waals surface area contributed by atoms with E-state index in [9.17, 15) is 4.79 Å². The van der Waals surface area contributed by atoms with Gasteiger partial charge in [0.1, 0.15) is 0 Å². The molecule has 2 N–H and O–H groups in total. The second kappa shape index (κ2) is 7.56. The molecule has 14 heavy (non-hydrogen) atoms. The minimum atomic E-state index is 0.0338. The van der Waals surface area contributed by atoms with Crippen LogP contribution < -0.4 is 5.73 Å². The highest BCUT2D eigenvalue weighted by Crippen LogP contribution is 2.07. The zero-order valence-electron chi connectivity index (χ0n) is 9.33. The van der Waals surface area contributed by atoms with Gasteiger partial charge in [0.2, 0.25) is 5.91 Å². The summed E-state index contributed by atoms with van der Waals surface area (Å²) in [5, 5.41) is 0. The Balaban J connectivity index is 4.18. The molecule has 0 radical (unpaired) electrons. The van der Waals surface area contributed by atoms with Crippen LogP contribution in [0.1, 0.15) is 26.7 Å². The highest BCUT2D eigenvalue weighted by atomic mass is 16.2. The predicted octanol–water partition coefficient (Wildman–Crippen LogP) is 1.40. The second-order valence-electron chi connectivity index (χ2n) is 3.55. The number of carbonyl (C=O) groups is 1. The summed E-state index contributed by atoms with van der Waals surface area (Å²) in [5.41, 5.74) is 5.42. The minimum Gasteiger partial charge on any atom is -0.339 e. The Labute approximate surface area is 87.0 Å². The predicted molar refractivity (Wildman–Crippen MR) is 59.9 cm³/mol. The summed E-state index contributed by atoms with van der Waals surface area (Å²) in [4.78, 5) is 13.7. The third-order valence-corrected chi connectivity index (χ3v) is 2.18. The molecule has 0 aliphatic carbocycles. The van der Waals surface area contributed by atoms with Crippen LogP contribution in [-0.2, 0) is 4.79 Å². The first-order chi connectivity index (χ1) is 6.67. The van der Waals surface area contributed by atoms with Gasteiger partial charge in [0, 0.05) is 19.0 Å². The summed E-state index contributed by atoms with van der Waals surface area (Å²) in [6, 6.07) is 0. The second-order valence-corrected chi connectivity index (χ2v) is 3.55. The van der Waals surface area contributed by atoms with E-state index in [0.29, 0.717) is 13.1 Å². The van der Waals surface area contributed by atoms with Crippen molar-refractivity contribution in [2.75, 3.05) is 19.6 Å². The Morgan fingerprint density at radius 3 is 2.71 bits per heavy atom. The topological polar surface area (TPSA) is 46.3 Å². The van der Waals surface area contributed by atoms with Crippen LogP contribution in [0.3, 0.4) is 0 Å². The molecule has 1 atom stereocenters. The standard InChI is InChI=1S/C11H22N2O/c1-4-8-13(9-5-2)11(14)10(3)6-7-12/h4,10H,1,5-9,12H2,2-3H3. The molecule has 0 aromatic rings. The van der Waals surface area contributed by atoms with Crippen molar-refractivity contribution in [3.8, 4) is 0 Å². The molecule has 0 heterocycles. The maximum Gasteiger partial charge on any atom is 0.225 e. The lowest BCUT2D eigenvalue weighted by molar-refractivity contribution is -0.134. The van der Waals surface area contributed by atoms with Gasteiger partial charge in [0.25, 0.3) is 0 Å². The number of hydrogen-bond donors (Lipinski definition) is 1. The van der Waals surface area contributed by atoms with Crippen molar-refractivity contribution in [3.05, 3.63) is 12.7 Å². The van der Waals surface area contributed by atoms with Crippen LogP contribution in [0.2, 0.25) is 0 Å². The van der Waals surface area contributed by atoms with Crippen molar-refractivity contribution in [2.24, 2.45) is 11.7 Å². The lowest BCUT2D eigenvalue weighted by atomic mass is 10.1. The number of hydrogen-bond acceptors (Lipinski definition) is 2. The lowest BCUT2D eigenvalue weighted by Crippen LogP contribution is -2.36. The van der Waals surface area contributed by atoms with E-state index >= 15 is 0 Å². The smallest absolute Gasteiger partial charge is 0.225 e. The number of carbonyl (C=O) groups excluding carboxylic acids is 1. The van der Waals surface area contributed by atoms with Crippen LogP contribution in [0, 0.1) is 5.92 Å². The molecule has 0 aliphatic heterocycles. The van der Waals surface area contributed by atoms with Gasteiger partial charge < -0.3 is 10.6 Å². The Morgan fingerprint density at radius 2 is 2.29 bits per heavy atom. The zero-order chi connectivity index (χ0) is 11.0. The van der Waals surface area contributed by atoms with Crippen molar-refractivity contribution in [3.63, 3.8) is 0 Å². The average Bonchev–Trinajstić information content (AvgIpc) is 2.17. The summed E-state index contributed by atoms with van der Waals surface area (Å²) in [5.74, 6) is 0.226. The van der Waals surface area contributed by atoms with Crippen molar-refractivity contribution in [2.45, 2.75) is 26.7 Å². The van der Waals surface area contributed by atoms with Crippen LogP contribution in [-0.4, -0.2) is 30.4 Å². The molecule has 0 aromatic carbocycles. The van der Waals surface area contributed by atoms with Gasteiger partial charge in [0.15, 0.2) is 0 Å². The monoisotopic (exact) mass is 198 g/mol. The van der Waals surface area contributed by atoms with E-state index in [1.807, 2.05) is 11.8 Å². The van der Waals surface area contributed by atoms with Crippen LogP contribution in [0.5, 0.6) is 0 Å². The summed E-state index contributed by atoms with van der Waals surface area (Å²) >= 11 is 0. The summed E-state index contributed by atoms with van der Waals surface area (Å²) in [6.45, 7) is 9.67. The Morgan fingerprint density at radius 1 is 1.64 bits per heavy atom. The maximum absolute atomic E-state index is 11.8. The number of amides is 1. The van der Waals surface area contributed by atoms with Crippen molar-refractivity contribution in [1.82, 2.24) is 4.90 Å². The van der Waals surface area contributed by atoms with E-state index in [4.69, 9.17) is 5.73 Å². The van der Waals surface area contributed by atoms with Gasteiger partial charge in [-0.3, -0.25) is 4.79 Å². The summed E-state index contributed by atoms with van der Waals surface area (Å²) < 4.78 is 0. The van der Waals surface area contributed by atoms with E-state index in [0.717, 1.165) is 19.4 Å². The molecule has 82 valence electrons. The highest BCUT2D eigenvalue weighted by Gasteiger charge is 2.17. The first-order valence-electron chi connectivity index (χ1n) is 5.27. The van der Waals surface area contributed by atoms with Gasteiger partial charge in [-0.05, 0) is 19.4 Å². The molecule has 0 saturated heterocycles. The molecule has 1 unspecified atom stereocenters. The fourth-order valence-corrected chi connectivity index (χ4v) is 1.40. The van der Waals surface area contributed by atoms with Crippen molar-refractivity contribution in [1.29, 1.82) is 0 Å². The van der Waals surface area contributed by atoms with E-state index < -0.39 is 0 Å². The average molecular weight is 198 g/mol. The molecule has 0 fully saturated rings. The van der Waals surface area contributed by atoms with E-state index in [-0.39, 0.29) is 11.8 Å². The van der Waals surface area contributed by atoms with Crippen LogP contribution in [0.15, 0.2) is 12.7 Å². The third-order valence-electron chi connectivity index (χ3n) is 2.18. The molecule has 3 heteroatoms. The fraction of sp³-hybridized carbons (Fsp3) is 0.727. The first kappa shape index (κ1) is 13.2. The number of nitrogens with zero attached hydrogens (tertiary/aromatic N) is 1. The third kappa shape index (κ3) is 4.42. The molecule has 0 saturated carbocycles.